The summed E-state index contributed by atoms with van der Waals surface area (Å²) in [6.07, 6.45) is 4.45. The maximum absolute atomic E-state index is 5.96. The van der Waals surface area contributed by atoms with Crippen LogP contribution in [0.3, 0.4) is 0 Å². The van der Waals surface area contributed by atoms with Crippen molar-refractivity contribution in [2.24, 2.45) is 0 Å². The van der Waals surface area contributed by atoms with Crippen molar-refractivity contribution < 1.29 is 14.2 Å². The summed E-state index contributed by atoms with van der Waals surface area (Å²) in [5.74, 6) is -0.433. The van der Waals surface area contributed by atoms with Gasteiger partial charge in [-0.25, -0.2) is 0 Å². The van der Waals surface area contributed by atoms with E-state index < -0.39 is 5.79 Å². The predicted octanol–water partition coefficient (Wildman–Crippen LogP) is 2.10. The molecule has 2 aliphatic heterocycles. The summed E-state index contributed by atoms with van der Waals surface area (Å²) in [7, 11) is 1.70. The van der Waals surface area contributed by atoms with Gasteiger partial charge in [-0.1, -0.05) is 13.3 Å². The summed E-state index contributed by atoms with van der Waals surface area (Å²) in [4.78, 5) is 0. The molecule has 2 bridgehead atoms. The van der Waals surface area contributed by atoms with Gasteiger partial charge in [0.05, 0.1) is 11.7 Å². The zero-order chi connectivity index (χ0) is 10.2. The smallest absolute Gasteiger partial charge is 0.192 e. The van der Waals surface area contributed by atoms with E-state index in [1.807, 2.05) is 0 Å². The van der Waals surface area contributed by atoms with Gasteiger partial charge in [0.2, 0.25) is 0 Å². The van der Waals surface area contributed by atoms with Gasteiger partial charge in [0.25, 0.3) is 0 Å². The van der Waals surface area contributed by atoms with Crippen LogP contribution < -0.4 is 0 Å². The fourth-order valence-electron chi connectivity index (χ4n) is 2.57. The molecular weight excluding hydrogens is 180 g/mol. The molecule has 2 unspecified atom stereocenters. The highest BCUT2D eigenvalue weighted by atomic mass is 16.7. The lowest BCUT2D eigenvalue weighted by Gasteiger charge is -2.43. The quantitative estimate of drug-likeness (QED) is 0.698. The first-order valence-electron chi connectivity index (χ1n) is 5.51. The van der Waals surface area contributed by atoms with Crippen molar-refractivity contribution in [2.45, 2.75) is 57.0 Å². The Balaban J connectivity index is 2.09. The van der Waals surface area contributed by atoms with Gasteiger partial charge in [-0.3, -0.25) is 0 Å². The van der Waals surface area contributed by atoms with E-state index in [9.17, 15) is 0 Å². The highest BCUT2D eigenvalue weighted by Gasteiger charge is 2.53. The van der Waals surface area contributed by atoms with E-state index in [4.69, 9.17) is 14.2 Å². The van der Waals surface area contributed by atoms with Crippen molar-refractivity contribution in [1.82, 2.24) is 0 Å². The molecule has 0 spiro atoms. The summed E-state index contributed by atoms with van der Waals surface area (Å²) in [5, 5.41) is 0. The second-order valence-electron chi connectivity index (χ2n) is 4.61. The lowest BCUT2D eigenvalue weighted by atomic mass is 9.92. The Morgan fingerprint density at radius 1 is 1.50 bits per heavy atom. The Bertz CT molecular complexity index is 219. The summed E-state index contributed by atoms with van der Waals surface area (Å²) in [6, 6.07) is 0. The van der Waals surface area contributed by atoms with E-state index in [0.29, 0.717) is 6.61 Å². The van der Waals surface area contributed by atoms with Crippen LogP contribution in [0.2, 0.25) is 0 Å². The topological polar surface area (TPSA) is 27.7 Å². The van der Waals surface area contributed by atoms with Crippen LogP contribution in [0.5, 0.6) is 0 Å². The number of rotatable bonds is 3. The van der Waals surface area contributed by atoms with E-state index in [1.54, 1.807) is 7.11 Å². The minimum Gasteiger partial charge on any atom is -0.367 e. The van der Waals surface area contributed by atoms with Crippen LogP contribution in [0.15, 0.2) is 0 Å². The summed E-state index contributed by atoms with van der Waals surface area (Å²) < 4.78 is 17.3. The standard InChI is InChI=1S/C11H20O3/c1-4-6-10(2)9-5-7-11(12-3,14-9)8-13-10/h9H,4-8H2,1-3H3/t9-,10?,11?/m0/s1. The van der Waals surface area contributed by atoms with E-state index in [1.165, 1.54) is 0 Å². The average molecular weight is 200 g/mol. The van der Waals surface area contributed by atoms with Crippen molar-refractivity contribution in [3.05, 3.63) is 0 Å². The Labute approximate surface area is 85.7 Å². The van der Waals surface area contributed by atoms with Gasteiger partial charge in [0.1, 0.15) is 6.61 Å². The van der Waals surface area contributed by atoms with Gasteiger partial charge in [-0.2, -0.15) is 0 Å². The number of ether oxygens (including phenoxy) is 3. The number of hydrogen-bond acceptors (Lipinski definition) is 3. The molecule has 2 aliphatic rings. The average Bonchev–Trinajstić information content (AvgIpc) is 2.56. The van der Waals surface area contributed by atoms with E-state index in [0.717, 1.165) is 25.7 Å². The molecule has 0 radical (unpaired) electrons. The molecule has 2 fully saturated rings. The zero-order valence-electron chi connectivity index (χ0n) is 9.34. The van der Waals surface area contributed by atoms with Gasteiger partial charge in [0, 0.05) is 13.5 Å². The minimum atomic E-state index is -0.433. The molecule has 0 aliphatic carbocycles. The van der Waals surface area contributed by atoms with Crippen LogP contribution in [0.25, 0.3) is 0 Å². The molecule has 0 N–H and O–H groups in total. The highest BCUT2D eigenvalue weighted by Crippen LogP contribution is 2.44. The molecule has 2 rings (SSSR count). The van der Waals surface area contributed by atoms with Crippen LogP contribution in [0.4, 0.5) is 0 Å². The molecule has 0 amide bonds. The van der Waals surface area contributed by atoms with Gasteiger partial charge in [0.15, 0.2) is 5.79 Å². The van der Waals surface area contributed by atoms with E-state index >= 15 is 0 Å². The second-order valence-corrected chi connectivity index (χ2v) is 4.61. The summed E-state index contributed by atoms with van der Waals surface area (Å²) >= 11 is 0. The Kier molecular flexibility index (Phi) is 2.58. The minimum absolute atomic E-state index is 0.0900. The van der Waals surface area contributed by atoms with Crippen molar-refractivity contribution >= 4 is 0 Å². The number of hydrogen-bond donors (Lipinski definition) is 0. The first-order chi connectivity index (χ1) is 6.64. The molecule has 14 heavy (non-hydrogen) atoms. The third kappa shape index (κ3) is 1.47. The molecule has 3 heteroatoms. The van der Waals surface area contributed by atoms with E-state index in [2.05, 4.69) is 13.8 Å². The highest BCUT2D eigenvalue weighted by molar-refractivity contribution is 4.97. The molecular formula is C11H20O3. The maximum Gasteiger partial charge on any atom is 0.192 e. The van der Waals surface area contributed by atoms with Crippen molar-refractivity contribution in [1.29, 1.82) is 0 Å². The Morgan fingerprint density at radius 3 is 2.93 bits per heavy atom. The van der Waals surface area contributed by atoms with Crippen LogP contribution in [0.1, 0.15) is 39.5 Å². The Morgan fingerprint density at radius 2 is 2.29 bits per heavy atom. The van der Waals surface area contributed by atoms with Gasteiger partial charge >= 0.3 is 0 Å². The molecule has 0 aromatic carbocycles. The first kappa shape index (κ1) is 10.4. The fourth-order valence-corrected chi connectivity index (χ4v) is 2.57. The van der Waals surface area contributed by atoms with Gasteiger partial charge in [-0.15, -0.1) is 0 Å². The van der Waals surface area contributed by atoms with E-state index in [-0.39, 0.29) is 11.7 Å². The van der Waals surface area contributed by atoms with Crippen molar-refractivity contribution in [3.8, 4) is 0 Å². The largest absolute Gasteiger partial charge is 0.367 e. The van der Waals surface area contributed by atoms with Gasteiger partial charge in [-0.05, 0) is 19.8 Å². The third-order valence-corrected chi connectivity index (χ3v) is 3.57. The normalized spacial score (nSPS) is 46.9. The summed E-state index contributed by atoms with van der Waals surface area (Å²) in [5.41, 5.74) is -0.0900. The molecule has 0 aromatic heterocycles. The first-order valence-corrected chi connectivity index (χ1v) is 5.51. The lowest BCUT2D eigenvalue weighted by Crippen LogP contribution is -2.53. The zero-order valence-corrected chi connectivity index (χ0v) is 9.34. The molecule has 2 heterocycles. The summed E-state index contributed by atoms with van der Waals surface area (Å²) in [6.45, 7) is 4.92. The maximum atomic E-state index is 5.96. The molecule has 3 nitrogen and oxygen atoms in total. The van der Waals surface area contributed by atoms with Crippen LogP contribution >= 0.6 is 0 Å². The Hall–Kier alpha value is -0.120. The molecule has 2 saturated heterocycles. The second kappa shape index (κ2) is 3.47. The lowest BCUT2D eigenvalue weighted by molar-refractivity contribution is -0.320. The molecule has 82 valence electrons. The van der Waals surface area contributed by atoms with Crippen LogP contribution in [-0.4, -0.2) is 31.2 Å². The van der Waals surface area contributed by atoms with Crippen LogP contribution in [-0.2, 0) is 14.2 Å². The monoisotopic (exact) mass is 200 g/mol. The van der Waals surface area contributed by atoms with Crippen molar-refractivity contribution in [3.63, 3.8) is 0 Å². The SMILES string of the molecule is CCCC1(C)OCC2(OC)CC[C@@H]1O2. The molecule has 0 aromatic rings. The number of methoxy groups -OCH3 is 1. The predicted molar refractivity (Wildman–Crippen MR) is 53.1 cm³/mol. The van der Waals surface area contributed by atoms with Gasteiger partial charge < -0.3 is 14.2 Å². The number of fused-ring (bicyclic) bond motifs is 2. The van der Waals surface area contributed by atoms with Crippen LogP contribution in [0, 0.1) is 0 Å². The molecule has 0 saturated carbocycles. The fraction of sp³-hybridized carbons (Fsp3) is 1.00. The molecule has 3 atom stereocenters. The van der Waals surface area contributed by atoms with Crippen molar-refractivity contribution in [2.75, 3.05) is 13.7 Å². The third-order valence-electron chi connectivity index (χ3n) is 3.57.